The summed E-state index contributed by atoms with van der Waals surface area (Å²) in [4.78, 5) is 2.37. The van der Waals surface area contributed by atoms with Crippen LogP contribution in [0.25, 0.3) is 0 Å². The molecule has 2 N–H and O–H groups in total. The maximum Gasteiger partial charge on any atom is 0.119 e. The van der Waals surface area contributed by atoms with Gasteiger partial charge in [0.15, 0.2) is 0 Å². The van der Waals surface area contributed by atoms with Crippen LogP contribution >= 0.6 is 0 Å². The molecule has 0 aromatic heterocycles. The highest BCUT2D eigenvalue weighted by atomic mass is 16.5. The molecule has 1 aromatic rings. The molecule has 0 aliphatic carbocycles. The number of hydrogen-bond donors (Lipinski definition) is 1. The van der Waals surface area contributed by atoms with Crippen molar-refractivity contribution < 1.29 is 9.47 Å². The van der Waals surface area contributed by atoms with E-state index in [4.69, 9.17) is 15.2 Å². The molecule has 0 radical (unpaired) electrons. The summed E-state index contributed by atoms with van der Waals surface area (Å²) >= 11 is 0. The van der Waals surface area contributed by atoms with Crippen LogP contribution < -0.4 is 10.5 Å². The first-order valence-electron chi connectivity index (χ1n) is 6.93. The fraction of sp³-hybridized carbons (Fsp3) is 0.600. The second-order valence-electron chi connectivity index (χ2n) is 4.48. The van der Waals surface area contributed by atoms with Gasteiger partial charge >= 0.3 is 0 Å². The Bertz CT molecular complexity index is 327. The lowest BCUT2D eigenvalue weighted by atomic mass is 10.2. The minimum absolute atomic E-state index is 0.575. The third-order valence-electron chi connectivity index (χ3n) is 3.11. The largest absolute Gasteiger partial charge is 0.494 e. The molecule has 108 valence electrons. The summed E-state index contributed by atoms with van der Waals surface area (Å²) in [5.74, 6) is 0.914. The summed E-state index contributed by atoms with van der Waals surface area (Å²) in [5.41, 5.74) is 6.68. The van der Waals surface area contributed by atoms with Crippen LogP contribution in [0.1, 0.15) is 18.9 Å². The van der Waals surface area contributed by atoms with Gasteiger partial charge in [0.1, 0.15) is 5.75 Å². The van der Waals surface area contributed by atoms with Gasteiger partial charge in [-0.2, -0.15) is 0 Å². The standard InChI is InChI=1S/C15H26N2O2/c1-3-17(10-12-18-2)9-4-11-19-15-7-5-14(13-16)6-8-15/h5-8H,3-4,9-13,16H2,1-2H3. The highest BCUT2D eigenvalue weighted by Crippen LogP contribution is 2.12. The van der Waals surface area contributed by atoms with Crippen molar-refractivity contribution in [3.8, 4) is 5.75 Å². The monoisotopic (exact) mass is 266 g/mol. The average Bonchev–Trinajstić information content (AvgIpc) is 2.47. The second kappa shape index (κ2) is 9.78. The van der Waals surface area contributed by atoms with E-state index in [9.17, 15) is 0 Å². The van der Waals surface area contributed by atoms with Crippen LogP contribution in [0.15, 0.2) is 24.3 Å². The molecule has 4 nitrogen and oxygen atoms in total. The topological polar surface area (TPSA) is 47.7 Å². The van der Waals surface area contributed by atoms with Crippen molar-refractivity contribution in [2.45, 2.75) is 19.9 Å². The summed E-state index contributed by atoms with van der Waals surface area (Å²) in [6, 6.07) is 7.97. The van der Waals surface area contributed by atoms with Crippen LogP contribution in [0.2, 0.25) is 0 Å². The highest BCUT2D eigenvalue weighted by Gasteiger charge is 2.01. The Labute approximate surface area is 116 Å². The van der Waals surface area contributed by atoms with Crippen LogP contribution in [0, 0.1) is 0 Å². The van der Waals surface area contributed by atoms with E-state index in [0.717, 1.165) is 50.6 Å². The van der Waals surface area contributed by atoms with E-state index in [2.05, 4.69) is 11.8 Å². The molecule has 4 heteroatoms. The number of rotatable bonds is 10. The lowest BCUT2D eigenvalue weighted by Crippen LogP contribution is -2.29. The third-order valence-corrected chi connectivity index (χ3v) is 3.11. The van der Waals surface area contributed by atoms with Crippen LogP contribution in [-0.4, -0.2) is 44.9 Å². The molecule has 0 saturated heterocycles. The van der Waals surface area contributed by atoms with Gasteiger partial charge < -0.3 is 20.1 Å². The Morgan fingerprint density at radius 1 is 1.11 bits per heavy atom. The van der Waals surface area contributed by atoms with Gasteiger partial charge in [0.2, 0.25) is 0 Å². The Balaban J connectivity index is 2.18. The number of ether oxygens (including phenoxy) is 2. The number of hydrogen-bond acceptors (Lipinski definition) is 4. The molecule has 0 unspecified atom stereocenters. The van der Waals surface area contributed by atoms with Crippen LogP contribution in [0.4, 0.5) is 0 Å². The quantitative estimate of drug-likeness (QED) is 0.657. The van der Waals surface area contributed by atoms with E-state index in [1.54, 1.807) is 7.11 Å². The zero-order chi connectivity index (χ0) is 13.9. The van der Waals surface area contributed by atoms with Crippen LogP contribution in [0.3, 0.4) is 0 Å². The summed E-state index contributed by atoms with van der Waals surface area (Å²) in [6.45, 7) is 7.35. The SMILES string of the molecule is CCN(CCCOc1ccc(CN)cc1)CCOC. The van der Waals surface area contributed by atoms with E-state index in [1.807, 2.05) is 24.3 Å². The van der Waals surface area contributed by atoms with Gasteiger partial charge in [-0.3, -0.25) is 0 Å². The zero-order valence-electron chi connectivity index (χ0n) is 12.1. The molecule has 0 fully saturated rings. The molecule has 1 rings (SSSR count). The normalized spacial score (nSPS) is 10.9. The minimum atomic E-state index is 0.575. The lowest BCUT2D eigenvalue weighted by molar-refractivity contribution is 0.146. The molecule has 1 aromatic carbocycles. The number of nitrogens with zero attached hydrogens (tertiary/aromatic N) is 1. The van der Waals surface area contributed by atoms with Gasteiger partial charge in [-0.05, 0) is 30.7 Å². The van der Waals surface area contributed by atoms with Crippen molar-refractivity contribution in [3.05, 3.63) is 29.8 Å². The van der Waals surface area contributed by atoms with Crippen LogP contribution in [-0.2, 0) is 11.3 Å². The van der Waals surface area contributed by atoms with Gasteiger partial charge in [-0.25, -0.2) is 0 Å². The first-order valence-corrected chi connectivity index (χ1v) is 6.93. The average molecular weight is 266 g/mol. The predicted octanol–water partition coefficient (Wildman–Crippen LogP) is 1.88. The van der Waals surface area contributed by atoms with E-state index in [1.165, 1.54) is 0 Å². The Kier molecular flexibility index (Phi) is 8.21. The summed E-state index contributed by atoms with van der Waals surface area (Å²) in [7, 11) is 1.74. The number of methoxy groups -OCH3 is 1. The Morgan fingerprint density at radius 2 is 1.84 bits per heavy atom. The molecule has 0 heterocycles. The van der Waals surface area contributed by atoms with Gasteiger partial charge in [-0.15, -0.1) is 0 Å². The number of likely N-dealkylation sites (N-methyl/N-ethyl adjacent to an activating group) is 1. The fourth-order valence-corrected chi connectivity index (χ4v) is 1.85. The molecule has 0 atom stereocenters. The van der Waals surface area contributed by atoms with Crippen molar-refractivity contribution in [2.75, 3.05) is 40.0 Å². The van der Waals surface area contributed by atoms with E-state index in [0.29, 0.717) is 6.54 Å². The zero-order valence-corrected chi connectivity index (χ0v) is 12.1. The number of nitrogens with two attached hydrogens (primary N) is 1. The highest BCUT2D eigenvalue weighted by molar-refractivity contribution is 5.26. The fourth-order valence-electron chi connectivity index (χ4n) is 1.85. The third kappa shape index (κ3) is 6.57. The van der Waals surface area contributed by atoms with Gasteiger partial charge in [0.25, 0.3) is 0 Å². The molecule has 0 spiro atoms. The Hall–Kier alpha value is -1.10. The van der Waals surface area contributed by atoms with Crippen molar-refractivity contribution in [1.82, 2.24) is 4.90 Å². The summed E-state index contributed by atoms with van der Waals surface area (Å²) < 4.78 is 10.8. The molecule has 19 heavy (non-hydrogen) atoms. The van der Waals surface area contributed by atoms with Gasteiger partial charge in [0, 0.05) is 26.7 Å². The molecule has 0 saturated carbocycles. The predicted molar refractivity (Wildman–Crippen MR) is 78.4 cm³/mol. The first kappa shape index (κ1) is 16.0. The number of benzene rings is 1. The first-order chi connectivity index (χ1) is 9.30. The summed E-state index contributed by atoms with van der Waals surface area (Å²) in [6.07, 6.45) is 1.02. The molecule has 0 bridgehead atoms. The molecule has 0 amide bonds. The van der Waals surface area contributed by atoms with Crippen molar-refractivity contribution in [2.24, 2.45) is 5.73 Å². The summed E-state index contributed by atoms with van der Waals surface area (Å²) in [5, 5.41) is 0. The molecule has 0 aliphatic rings. The minimum Gasteiger partial charge on any atom is -0.494 e. The van der Waals surface area contributed by atoms with Gasteiger partial charge in [0.05, 0.1) is 13.2 Å². The molecular formula is C15H26N2O2. The molecule has 0 aliphatic heterocycles. The Morgan fingerprint density at radius 3 is 2.42 bits per heavy atom. The second-order valence-corrected chi connectivity index (χ2v) is 4.48. The van der Waals surface area contributed by atoms with Gasteiger partial charge in [-0.1, -0.05) is 19.1 Å². The van der Waals surface area contributed by atoms with Crippen molar-refractivity contribution >= 4 is 0 Å². The van der Waals surface area contributed by atoms with Crippen molar-refractivity contribution in [3.63, 3.8) is 0 Å². The lowest BCUT2D eigenvalue weighted by Gasteiger charge is -2.19. The smallest absolute Gasteiger partial charge is 0.119 e. The van der Waals surface area contributed by atoms with E-state index in [-0.39, 0.29) is 0 Å². The van der Waals surface area contributed by atoms with E-state index >= 15 is 0 Å². The van der Waals surface area contributed by atoms with E-state index < -0.39 is 0 Å². The maximum absolute atomic E-state index is 5.71. The van der Waals surface area contributed by atoms with Crippen molar-refractivity contribution in [1.29, 1.82) is 0 Å². The maximum atomic E-state index is 5.71. The van der Waals surface area contributed by atoms with Crippen LogP contribution in [0.5, 0.6) is 5.75 Å². The molecular weight excluding hydrogens is 240 g/mol.